The van der Waals surface area contributed by atoms with Gasteiger partial charge in [-0.2, -0.15) is 4.67 Å². The summed E-state index contributed by atoms with van der Waals surface area (Å²) in [7, 11) is -10.5. The second-order valence-corrected chi connectivity index (χ2v) is 3.26. The molecule has 0 aliphatic rings. The average Bonchev–Trinajstić information content (AvgIpc) is 1.57. The van der Waals surface area contributed by atoms with Crippen LogP contribution >= 0.6 is 15.6 Å². The van der Waals surface area contributed by atoms with Gasteiger partial charge in [-0.3, -0.25) is 0 Å². The molecule has 0 unspecified atom stereocenters. The fourth-order valence-electron chi connectivity index (χ4n) is 0.0842. The average molecular weight is 222 g/mol. The molecule has 0 aromatic rings. The van der Waals surface area contributed by atoms with E-state index >= 15 is 0 Å². The van der Waals surface area contributed by atoms with Crippen LogP contribution in [0.15, 0.2) is 0 Å². The summed E-state index contributed by atoms with van der Waals surface area (Å²) in [5.41, 5.74) is 0. The van der Waals surface area contributed by atoms with Gasteiger partial charge in [0, 0.05) is 0 Å². The maximum atomic E-state index is 9.63. The Labute approximate surface area is 102 Å². The fourth-order valence-corrected chi connectivity index (χ4v) is 0.758. The van der Waals surface area contributed by atoms with Gasteiger partial charge in [-0.1, -0.05) is 0 Å². The van der Waals surface area contributed by atoms with E-state index in [0.717, 1.165) is 0 Å². The Morgan fingerprint density at radius 2 is 1.42 bits per heavy atom. The van der Waals surface area contributed by atoms with Gasteiger partial charge in [0.1, 0.15) is 7.82 Å². The maximum Gasteiger partial charge on any atom is 1.00 e. The summed E-state index contributed by atoms with van der Waals surface area (Å²) < 4.78 is 24.7. The summed E-state index contributed by atoms with van der Waals surface area (Å²) >= 11 is 0. The van der Waals surface area contributed by atoms with Crippen LogP contribution < -0.4 is 58.2 Å². The molecule has 0 spiro atoms. The third-order valence-corrected chi connectivity index (χ3v) is 0.865. The predicted octanol–water partition coefficient (Wildman–Crippen LogP) is -8.14. The Balaban J connectivity index is -0.000000405. The SMILES string of the molecule is O=P([O-])([O-])OOP(=O)(O)O.[Li+].[Na+]. The molecule has 12 heteroatoms. The Kier molecular flexibility index (Phi) is 11.6. The van der Waals surface area contributed by atoms with E-state index in [2.05, 4.69) is 9.35 Å². The molecule has 0 amide bonds. The van der Waals surface area contributed by atoms with Gasteiger partial charge < -0.3 is 24.1 Å². The van der Waals surface area contributed by atoms with Crippen molar-refractivity contribution in [2.24, 2.45) is 0 Å². The molecular weight excluding hydrogens is 220 g/mol. The molecule has 0 aliphatic carbocycles. The third kappa shape index (κ3) is 17.8. The minimum absolute atomic E-state index is 0. The molecule has 0 aliphatic heterocycles. The molecule has 0 saturated heterocycles. The van der Waals surface area contributed by atoms with Crippen LogP contribution in [0, 0.1) is 0 Å². The molecule has 0 saturated carbocycles. The van der Waals surface area contributed by atoms with Crippen LogP contribution in [0.5, 0.6) is 0 Å². The first-order valence-corrected chi connectivity index (χ1v) is 4.65. The van der Waals surface area contributed by atoms with E-state index in [0.29, 0.717) is 0 Å². The molecule has 0 rings (SSSR count). The molecule has 0 atom stereocenters. The smallest absolute Gasteiger partial charge is 0.788 e. The molecule has 8 nitrogen and oxygen atoms in total. The molecule has 12 heavy (non-hydrogen) atoms. The van der Waals surface area contributed by atoms with Crippen LogP contribution in [0.2, 0.25) is 0 Å². The molecule has 0 aromatic heterocycles. The summed E-state index contributed by atoms with van der Waals surface area (Å²) in [5, 5.41) is 0. The second-order valence-electron chi connectivity index (χ2n) is 1.09. The van der Waals surface area contributed by atoms with Gasteiger partial charge in [-0.25, -0.2) is 4.57 Å². The molecule has 0 fully saturated rings. The van der Waals surface area contributed by atoms with Crippen molar-refractivity contribution >= 4 is 15.6 Å². The van der Waals surface area contributed by atoms with Crippen LogP contribution in [-0.2, 0) is 18.5 Å². The molecule has 62 valence electrons. The first-order valence-electron chi connectivity index (χ1n) is 1.66. The molecule has 2 N–H and O–H groups in total. The van der Waals surface area contributed by atoms with Crippen LogP contribution in [-0.4, -0.2) is 9.79 Å². The Hall–Kier alpha value is 1.82. The van der Waals surface area contributed by atoms with E-state index in [1.165, 1.54) is 0 Å². The first kappa shape index (κ1) is 19.4. The van der Waals surface area contributed by atoms with E-state index in [9.17, 15) is 18.9 Å². The van der Waals surface area contributed by atoms with Crippen molar-refractivity contribution in [2.75, 3.05) is 0 Å². The monoisotopic (exact) mass is 222 g/mol. The fraction of sp³-hybridized carbons (Fsp3) is 0. The minimum Gasteiger partial charge on any atom is -0.788 e. The Morgan fingerprint density at radius 3 is 1.50 bits per heavy atom. The molecule has 0 bridgehead atoms. The summed E-state index contributed by atoms with van der Waals surface area (Å²) in [6.45, 7) is 0. The van der Waals surface area contributed by atoms with Crippen molar-refractivity contribution < 1.29 is 86.5 Å². The zero-order valence-corrected chi connectivity index (χ0v) is 10.0. The van der Waals surface area contributed by atoms with E-state index in [1.807, 2.05) is 0 Å². The Morgan fingerprint density at radius 1 is 1.08 bits per heavy atom. The van der Waals surface area contributed by atoms with E-state index in [-0.39, 0.29) is 48.4 Å². The second kappa shape index (κ2) is 7.15. The van der Waals surface area contributed by atoms with Crippen LogP contribution in [0.3, 0.4) is 0 Å². The van der Waals surface area contributed by atoms with Crippen molar-refractivity contribution in [3.8, 4) is 0 Å². The zero-order valence-electron chi connectivity index (χ0n) is 6.24. The predicted molar refractivity (Wildman–Crippen MR) is 21.8 cm³/mol. The molecular formula is H2LiNaO8P2. The summed E-state index contributed by atoms with van der Waals surface area (Å²) in [6.07, 6.45) is 0. The maximum absolute atomic E-state index is 9.63. The minimum atomic E-state index is -5.48. The van der Waals surface area contributed by atoms with Gasteiger partial charge in [0.05, 0.1) is 0 Å². The largest absolute Gasteiger partial charge is 1.00 e. The van der Waals surface area contributed by atoms with Gasteiger partial charge in [0.25, 0.3) is 0 Å². The Bertz CT molecular complexity index is 167. The summed E-state index contributed by atoms with van der Waals surface area (Å²) in [6, 6.07) is 0. The first-order chi connectivity index (χ1) is 4.21. The van der Waals surface area contributed by atoms with E-state index in [4.69, 9.17) is 9.79 Å². The van der Waals surface area contributed by atoms with Crippen molar-refractivity contribution in [3.05, 3.63) is 0 Å². The van der Waals surface area contributed by atoms with Crippen molar-refractivity contribution in [3.63, 3.8) is 0 Å². The standard InChI is InChI=1S/Li.Na.H4O8P2/c;;1-9(2,3)7-8-10(4,5)6/h;;(H2,1,2,3)(H2,4,5,6)/q2*+1;/p-2. The number of rotatable bonds is 3. The zero-order chi connectivity index (χ0) is 8.41. The van der Waals surface area contributed by atoms with Crippen molar-refractivity contribution in [1.82, 2.24) is 0 Å². The van der Waals surface area contributed by atoms with Gasteiger partial charge in [-0.05, 0) is 0 Å². The van der Waals surface area contributed by atoms with Gasteiger partial charge in [0.15, 0.2) is 0 Å². The van der Waals surface area contributed by atoms with E-state index in [1.54, 1.807) is 0 Å². The van der Waals surface area contributed by atoms with Crippen LogP contribution in [0.4, 0.5) is 0 Å². The summed E-state index contributed by atoms with van der Waals surface area (Å²) in [5.74, 6) is 0. The molecule has 0 aromatic carbocycles. The molecule has 0 heterocycles. The quantitative estimate of drug-likeness (QED) is 0.207. The van der Waals surface area contributed by atoms with E-state index < -0.39 is 15.6 Å². The molecule has 0 radical (unpaired) electrons. The van der Waals surface area contributed by atoms with Crippen LogP contribution in [0.1, 0.15) is 0 Å². The van der Waals surface area contributed by atoms with Crippen LogP contribution in [0.25, 0.3) is 0 Å². The van der Waals surface area contributed by atoms with Gasteiger partial charge in [0.2, 0.25) is 0 Å². The third-order valence-electron chi connectivity index (χ3n) is 0.222. The van der Waals surface area contributed by atoms with Crippen molar-refractivity contribution in [1.29, 1.82) is 0 Å². The normalized spacial score (nSPS) is 11.3. The number of hydrogen-bond donors (Lipinski definition) is 2. The van der Waals surface area contributed by atoms with Gasteiger partial charge >= 0.3 is 56.2 Å². The topological polar surface area (TPSA) is 139 Å². The number of hydrogen-bond acceptors (Lipinski definition) is 6. The van der Waals surface area contributed by atoms with Crippen molar-refractivity contribution in [2.45, 2.75) is 0 Å². The summed E-state index contributed by atoms with van der Waals surface area (Å²) in [4.78, 5) is 34.4. The van der Waals surface area contributed by atoms with Gasteiger partial charge in [-0.15, -0.1) is 4.67 Å². The number of phosphoric acid groups is 2.